The second-order valence-electron chi connectivity index (χ2n) is 8.80. The quantitative estimate of drug-likeness (QED) is 0.328. The van der Waals surface area contributed by atoms with Crippen molar-refractivity contribution >= 4 is 35.0 Å². The number of rotatable bonds is 7. The van der Waals surface area contributed by atoms with E-state index < -0.39 is 0 Å². The summed E-state index contributed by atoms with van der Waals surface area (Å²) in [4.78, 5) is 28.5. The van der Waals surface area contributed by atoms with E-state index in [1.807, 2.05) is 47.1 Å². The van der Waals surface area contributed by atoms with Gasteiger partial charge in [0, 0.05) is 41.0 Å². The van der Waals surface area contributed by atoms with E-state index >= 15 is 0 Å². The van der Waals surface area contributed by atoms with Gasteiger partial charge in [-0.3, -0.25) is 14.9 Å². The summed E-state index contributed by atoms with van der Waals surface area (Å²) in [7, 11) is 0. The lowest BCUT2D eigenvalue weighted by Crippen LogP contribution is -2.19. The molecule has 9 nitrogen and oxygen atoms in total. The zero-order valence-corrected chi connectivity index (χ0v) is 18.4. The normalized spacial score (nSPS) is 17.0. The van der Waals surface area contributed by atoms with E-state index in [9.17, 15) is 9.59 Å². The van der Waals surface area contributed by atoms with Crippen molar-refractivity contribution in [2.75, 3.05) is 5.32 Å². The standard InChI is InChI=1S/C25H23N7O2/c33-23-13-17(25(34)30-23)12-18-15-27-32-21(7-4-16-2-3-16)14-22(29-24(18)32)28-19-5-8-20(9-6-19)31-11-1-10-26-31/h1,5-6,8-12,14-16H,2-4,7,13H2,(H,28,29)(H,30,33,34)/b17-12+. The molecule has 1 aliphatic carbocycles. The van der Waals surface area contributed by atoms with E-state index in [4.69, 9.17) is 4.98 Å². The van der Waals surface area contributed by atoms with E-state index in [1.165, 1.54) is 12.8 Å². The van der Waals surface area contributed by atoms with Crippen molar-refractivity contribution in [1.29, 1.82) is 0 Å². The molecule has 3 aromatic heterocycles. The Kier molecular flexibility index (Phi) is 4.94. The predicted molar refractivity (Wildman–Crippen MR) is 127 cm³/mol. The van der Waals surface area contributed by atoms with Gasteiger partial charge in [-0.1, -0.05) is 12.8 Å². The van der Waals surface area contributed by atoms with Crippen molar-refractivity contribution in [2.24, 2.45) is 5.92 Å². The molecule has 6 rings (SSSR count). The fourth-order valence-corrected chi connectivity index (χ4v) is 4.22. The molecule has 0 unspecified atom stereocenters. The first-order valence-electron chi connectivity index (χ1n) is 11.4. The molecular formula is C25H23N7O2. The molecule has 9 heteroatoms. The van der Waals surface area contributed by atoms with Gasteiger partial charge >= 0.3 is 0 Å². The second-order valence-corrected chi connectivity index (χ2v) is 8.80. The zero-order valence-electron chi connectivity index (χ0n) is 18.4. The average molecular weight is 454 g/mol. The molecule has 34 heavy (non-hydrogen) atoms. The van der Waals surface area contributed by atoms with Gasteiger partial charge in [0.15, 0.2) is 5.65 Å². The number of nitrogens with one attached hydrogen (secondary N) is 2. The van der Waals surface area contributed by atoms with Gasteiger partial charge in [-0.15, -0.1) is 0 Å². The molecule has 0 bridgehead atoms. The number of carbonyl (C=O) groups excluding carboxylic acids is 2. The first-order valence-corrected chi connectivity index (χ1v) is 11.4. The van der Waals surface area contributed by atoms with Crippen LogP contribution in [0.2, 0.25) is 0 Å². The third kappa shape index (κ3) is 4.07. The predicted octanol–water partition coefficient (Wildman–Crippen LogP) is 3.43. The molecule has 2 N–H and O–H groups in total. The molecule has 0 radical (unpaired) electrons. The SMILES string of the molecule is O=C1C/C(=C\c2cnn3c(CCC4CC4)cc(Nc4ccc(-n5cccn5)cc4)nc23)C(=O)N1. The Bertz CT molecular complexity index is 1410. The van der Waals surface area contributed by atoms with Gasteiger partial charge < -0.3 is 5.32 Å². The summed E-state index contributed by atoms with van der Waals surface area (Å²) in [6.07, 6.45) is 11.7. The summed E-state index contributed by atoms with van der Waals surface area (Å²) >= 11 is 0. The number of carbonyl (C=O) groups is 2. The number of amides is 2. The van der Waals surface area contributed by atoms with Crippen molar-refractivity contribution in [3.8, 4) is 5.69 Å². The molecule has 0 atom stereocenters. The minimum absolute atomic E-state index is 0.0747. The van der Waals surface area contributed by atoms with Gasteiger partial charge in [0.2, 0.25) is 5.91 Å². The van der Waals surface area contributed by atoms with Crippen LogP contribution in [0.25, 0.3) is 17.4 Å². The number of aryl methyl sites for hydroxylation is 1. The summed E-state index contributed by atoms with van der Waals surface area (Å²) in [6, 6.07) is 11.9. The van der Waals surface area contributed by atoms with Crippen LogP contribution < -0.4 is 10.6 Å². The summed E-state index contributed by atoms with van der Waals surface area (Å²) in [5, 5.41) is 14.5. The molecule has 4 aromatic rings. The van der Waals surface area contributed by atoms with Crippen molar-refractivity contribution in [2.45, 2.75) is 32.1 Å². The third-order valence-corrected chi connectivity index (χ3v) is 6.21. The monoisotopic (exact) mass is 453 g/mol. The lowest BCUT2D eigenvalue weighted by molar-refractivity contribution is -0.124. The Morgan fingerprint density at radius 3 is 2.71 bits per heavy atom. The zero-order chi connectivity index (χ0) is 23.1. The second kappa shape index (κ2) is 8.26. The van der Waals surface area contributed by atoms with Crippen molar-refractivity contribution in [3.05, 3.63) is 71.8 Å². The fraction of sp³-hybridized carbons (Fsp3) is 0.240. The van der Waals surface area contributed by atoms with Crippen LogP contribution in [0.1, 0.15) is 36.9 Å². The van der Waals surface area contributed by atoms with Gasteiger partial charge in [0.25, 0.3) is 5.91 Å². The number of hydrogen-bond acceptors (Lipinski definition) is 6. The molecule has 1 saturated heterocycles. The Hall–Kier alpha value is -4.27. The van der Waals surface area contributed by atoms with Crippen molar-refractivity contribution in [1.82, 2.24) is 29.7 Å². The van der Waals surface area contributed by atoms with Gasteiger partial charge in [0.05, 0.1) is 18.3 Å². The fourth-order valence-electron chi connectivity index (χ4n) is 4.22. The number of anilines is 2. The number of fused-ring (bicyclic) bond motifs is 1. The maximum Gasteiger partial charge on any atom is 0.254 e. The number of benzene rings is 1. The molecule has 1 aliphatic heterocycles. The average Bonchev–Trinajstić information content (AvgIpc) is 3.18. The Morgan fingerprint density at radius 1 is 1.15 bits per heavy atom. The lowest BCUT2D eigenvalue weighted by atomic mass is 10.1. The highest BCUT2D eigenvalue weighted by atomic mass is 16.2. The highest BCUT2D eigenvalue weighted by Crippen LogP contribution is 2.34. The minimum Gasteiger partial charge on any atom is -0.340 e. The first kappa shape index (κ1) is 20.3. The van der Waals surface area contributed by atoms with Gasteiger partial charge in [0.1, 0.15) is 5.82 Å². The van der Waals surface area contributed by atoms with Crippen LogP contribution in [0, 0.1) is 5.92 Å². The number of aromatic nitrogens is 5. The highest BCUT2D eigenvalue weighted by molar-refractivity contribution is 6.15. The lowest BCUT2D eigenvalue weighted by Gasteiger charge is -2.11. The summed E-state index contributed by atoms with van der Waals surface area (Å²) < 4.78 is 3.65. The van der Waals surface area contributed by atoms with Crippen molar-refractivity contribution < 1.29 is 9.59 Å². The minimum atomic E-state index is -0.357. The summed E-state index contributed by atoms with van der Waals surface area (Å²) in [5.74, 6) is 0.855. The maximum absolute atomic E-state index is 12.1. The smallest absolute Gasteiger partial charge is 0.254 e. The van der Waals surface area contributed by atoms with E-state index in [1.54, 1.807) is 23.2 Å². The van der Waals surface area contributed by atoms with Crippen LogP contribution in [0.5, 0.6) is 0 Å². The van der Waals surface area contributed by atoms with Gasteiger partial charge in [-0.25, -0.2) is 14.2 Å². The molecule has 4 heterocycles. The molecule has 2 fully saturated rings. The number of nitrogens with zero attached hydrogens (tertiary/aromatic N) is 5. The Morgan fingerprint density at radius 2 is 2.00 bits per heavy atom. The van der Waals surface area contributed by atoms with Crippen LogP contribution in [-0.2, 0) is 16.0 Å². The highest BCUT2D eigenvalue weighted by Gasteiger charge is 2.25. The van der Waals surface area contributed by atoms with Crippen LogP contribution >= 0.6 is 0 Å². The molecule has 1 saturated carbocycles. The first-order chi connectivity index (χ1) is 16.6. The summed E-state index contributed by atoms with van der Waals surface area (Å²) in [5.41, 5.74) is 4.73. The van der Waals surface area contributed by atoms with Gasteiger partial charge in [-0.05, 0) is 55.2 Å². The molecular weight excluding hydrogens is 430 g/mol. The maximum atomic E-state index is 12.1. The molecule has 1 aromatic carbocycles. The third-order valence-electron chi connectivity index (χ3n) is 6.21. The molecule has 0 spiro atoms. The number of imide groups is 1. The van der Waals surface area contributed by atoms with Crippen LogP contribution in [0.3, 0.4) is 0 Å². The van der Waals surface area contributed by atoms with E-state index in [0.717, 1.165) is 35.8 Å². The van der Waals surface area contributed by atoms with Crippen LogP contribution in [0.15, 0.2) is 60.6 Å². The molecule has 2 amide bonds. The van der Waals surface area contributed by atoms with E-state index in [-0.39, 0.29) is 18.2 Å². The van der Waals surface area contributed by atoms with Crippen LogP contribution in [0.4, 0.5) is 11.5 Å². The van der Waals surface area contributed by atoms with Gasteiger partial charge in [-0.2, -0.15) is 10.2 Å². The number of hydrogen-bond donors (Lipinski definition) is 2. The topological polar surface area (TPSA) is 106 Å². The molecule has 2 aliphatic rings. The van der Waals surface area contributed by atoms with E-state index in [0.29, 0.717) is 22.6 Å². The van der Waals surface area contributed by atoms with Crippen molar-refractivity contribution in [3.63, 3.8) is 0 Å². The van der Waals surface area contributed by atoms with Crippen LogP contribution in [-0.4, -0.2) is 36.2 Å². The van der Waals surface area contributed by atoms with E-state index in [2.05, 4.69) is 20.8 Å². The Labute approximate surface area is 195 Å². The summed E-state index contributed by atoms with van der Waals surface area (Å²) in [6.45, 7) is 0. The molecule has 170 valence electrons. The largest absolute Gasteiger partial charge is 0.340 e. The Balaban J connectivity index is 1.34.